The van der Waals surface area contributed by atoms with Gasteiger partial charge in [-0.2, -0.15) is 0 Å². The van der Waals surface area contributed by atoms with Crippen molar-refractivity contribution in [2.45, 2.75) is 19.9 Å². The number of hydrogen-bond donors (Lipinski definition) is 0. The lowest BCUT2D eigenvalue weighted by molar-refractivity contribution is -0.749. The average Bonchev–Trinajstić information content (AvgIpc) is 3.23. The molecule has 3 aromatic carbocycles. The van der Waals surface area contributed by atoms with Gasteiger partial charge in [-0.1, -0.05) is 66.7 Å². The summed E-state index contributed by atoms with van der Waals surface area (Å²) in [6.07, 6.45) is 2.30. The number of carbonyl (C=O) groups is 2. The van der Waals surface area contributed by atoms with Gasteiger partial charge in [0.1, 0.15) is 0 Å². The van der Waals surface area contributed by atoms with Gasteiger partial charge in [0.15, 0.2) is 5.69 Å². The van der Waals surface area contributed by atoms with Gasteiger partial charge >= 0.3 is 0 Å². The first-order valence-electron chi connectivity index (χ1n) is 11.4. The lowest BCUT2D eigenvalue weighted by Crippen LogP contribution is -2.41. The number of hydrogen-bond acceptors (Lipinski definition) is 5. The highest BCUT2D eigenvalue weighted by molar-refractivity contribution is 6.26. The number of nitrogens with zero attached hydrogens (tertiary/aromatic N) is 4. The van der Waals surface area contributed by atoms with Crippen LogP contribution in [-0.4, -0.2) is 26.3 Å². The summed E-state index contributed by atoms with van der Waals surface area (Å²) in [6, 6.07) is 22.9. The lowest BCUT2D eigenvalue weighted by atomic mass is 9.90. The van der Waals surface area contributed by atoms with Gasteiger partial charge in [0.25, 0.3) is 0 Å². The summed E-state index contributed by atoms with van der Waals surface area (Å²) in [6.45, 7) is 2.30. The van der Waals surface area contributed by atoms with E-state index in [1.807, 2.05) is 30.3 Å². The van der Waals surface area contributed by atoms with Gasteiger partial charge < -0.3 is 5.21 Å². The molecule has 1 aliphatic carbocycles. The quantitative estimate of drug-likeness (QED) is 0.292. The van der Waals surface area contributed by atoms with Crippen LogP contribution in [0.15, 0.2) is 79.0 Å². The first-order chi connectivity index (χ1) is 17.0. The van der Waals surface area contributed by atoms with Crippen LogP contribution in [0.1, 0.15) is 43.2 Å². The third-order valence-electron chi connectivity index (χ3n) is 6.59. The largest absolute Gasteiger partial charge is 0.571 e. The Hall–Kier alpha value is -4.65. The molecule has 0 unspecified atom stereocenters. The number of benzene rings is 3. The molecular formula is C28H20N4O3. The fraction of sp³-hybridized carbons (Fsp3) is 0.107. The smallest absolute Gasteiger partial charge is 0.220 e. The molecule has 0 N–H and O–H groups in total. The summed E-state index contributed by atoms with van der Waals surface area (Å²) < 4.78 is 1.25. The molecule has 2 heterocycles. The van der Waals surface area contributed by atoms with E-state index < -0.39 is 5.78 Å². The first kappa shape index (κ1) is 20.9. The van der Waals surface area contributed by atoms with E-state index >= 15 is 0 Å². The third-order valence-corrected chi connectivity index (χ3v) is 6.59. The van der Waals surface area contributed by atoms with Crippen molar-refractivity contribution in [1.82, 2.24) is 14.8 Å². The highest BCUT2D eigenvalue weighted by Gasteiger charge is 2.38. The monoisotopic (exact) mass is 460 g/mol. The summed E-state index contributed by atoms with van der Waals surface area (Å²) in [5.41, 5.74) is 5.79. The SMILES string of the molecule is Cc1ccc(-c2ccc(CCn3c4c(n[n+]3[O-])C(=O)c3ccccc3C4=O)cc2)c2ncccc12. The van der Waals surface area contributed by atoms with Gasteiger partial charge in [0.2, 0.25) is 17.3 Å². The number of ketones is 2. The minimum absolute atomic E-state index is 0.0533. The first-order valence-corrected chi connectivity index (χ1v) is 11.4. The predicted octanol–water partition coefficient (Wildman–Crippen LogP) is 4.06. The molecule has 170 valence electrons. The molecule has 1 aliphatic rings. The normalized spacial score (nSPS) is 12.6. The summed E-state index contributed by atoms with van der Waals surface area (Å²) in [7, 11) is 0. The van der Waals surface area contributed by atoms with Crippen LogP contribution in [0.4, 0.5) is 0 Å². The van der Waals surface area contributed by atoms with Crippen molar-refractivity contribution in [3.63, 3.8) is 0 Å². The number of rotatable bonds is 4. The fourth-order valence-electron chi connectivity index (χ4n) is 4.74. The molecule has 0 saturated carbocycles. The van der Waals surface area contributed by atoms with Gasteiger partial charge in [-0.15, -0.1) is 4.68 Å². The Morgan fingerprint density at radius 3 is 2.37 bits per heavy atom. The van der Waals surface area contributed by atoms with E-state index in [-0.39, 0.29) is 29.3 Å². The van der Waals surface area contributed by atoms with Crippen LogP contribution in [0.25, 0.3) is 22.0 Å². The highest BCUT2D eigenvalue weighted by atomic mass is 16.5. The maximum atomic E-state index is 13.1. The van der Waals surface area contributed by atoms with Crippen molar-refractivity contribution in [3.05, 3.63) is 118 Å². The number of fused-ring (bicyclic) bond motifs is 3. The molecule has 5 aromatic rings. The molecule has 35 heavy (non-hydrogen) atoms. The van der Waals surface area contributed by atoms with Crippen LogP contribution in [0.2, 0.25) is 0 Å². The van der Waals surface area contributed by atoms with Crippen molar-refractivity contribution in [2.75, 3.05) is 0 Å². The molecule has 7 heteroatoms. The van der Waals surface area contributed by atoms with Crippen molar-refractivity contribution >= 4 is 22.5 Å². The van der Waals surface area contributed by atoms with E-state index in [1.165, 1.54) is 10.2 Å². The molecule has 0 bridgehead atoms. The lowest BCUT2D eigenvalue weighted by Gasteiger charge is -2.12. The Morgan fingerprint density at radius 1 is 0.857 bits per heavy atom. The molecule has 0 aliphatic heterocycles. The molecule has 0 radical (unpaired) electrons. The topological polar surface area (TPSA) is 91.8 Å². The van der Waals surface area contributed by atoms with E-state index in [0.29, 0.717) is 16.9 Å². The van der Waals surface area contributed by atoms with Crippen LogP contribution in [0.3, 0.4) is 0 Å². The zero-order valence-corrected chi connectivity index (χ0v) is 18.9. The van der Waals surface area contributed by atoms with Gasteiger partial charge in [-0.25, -0.2) is 0 Å². The Labute approximate surface area is 200 Å². The van der Waals surface area contributed by atoms with Crippen LogP contribution in [-0.2, 0) is 13.0 Å². The molecule has 0 amide bonds. The van der Waals surface area contributed by atoms with E-state index in [0.717, 1.165) is 27.6 Å². The molecular weight excluding hydrogens is 440 g/mol. The maximum Gasteiger partial charge on any atom is 0.220 e. The molecule has 0 saturated heterocycles. The van der Waals surface area contributed by atoms with Crippen LogP contribution in [0.5, 0.6) is 0 Å². The van der Waals surface area contributed by atoms with Crippen LogP contribution in [0, 0.1) is 12.1 Å². The average molecular weight is 460 g/mol. The molecule has 7 nitrogen and oxygen atoms in total. The van der Waals surface area contributed by atoms with Crippen molar-refractivity contribution < 1.29 is 14.5 Å². The maximum absolute atomic E-state index is 13.1. The van der Waals surface area contributed by atoms with Crippen LogP contribution < -0.4 is 4.96 Å². The number of aryl methyl sites for hydroxylation is 2. The molecule has 6 rings (SSSR count). The molecule has 0 atom stereocenters. The Bertz CT molecular complexity index is 1650. The van der Waals surface area contributed by atoms with Gasteiger partial charge in [-0.3, -0.25) is 14.6 Å². The molecule has 0 spiro atoms. The summed E-state index contributed by atoms with van der Waals surface area (Å²) in [5, 5.41) is 17.5. The van der Waals surface area contributed by atoms with Gasteiger partial charge in [-0.05, 0) is 36.1 Å². The van der Waals surface area contributed by atoms with E-state index in [1.54, 1.807) is 30.5 Å². The highest BCUT2D eigenvalue weighted by Crippen LogP contribution is 2.30. The Balaban J connectivity index is 1.28. The Morgan fingerprint density at radius 2 is 1.60 bits per heavy atom. The van der Waals surface area contributed by atoms with Gasteiger partial charge in [0, 0.05) is 38.3 Å². The fourth-order valence-corrected chi connectivity index (χ4v) is 4.74. The van der Waals surface area contributed by atoms with E-state index in [2.05, 4.69) is 35.2 Å². The molecule has 2 aromatic heterocycles. The van der Waals surface area contributed by atoms with Crippen LogP contribution >= 0.6 is 0 Å². The summed E-state index contributed by atoms with van der Waals surface area (Å²) >= 11 is 0. The van der Waals surface area contributed by atoms with Gasteiger partial charge in [0.05, 0.1) is 12.1 Å². The standard InChI is InChI=1S/C28H20N4O3/c1-17-8-13-21(24-20(17)7-4-15-29-24)19-11-9-18(10-12-19)14-16-31-26-25(30-32(31)35)27(33)22-5-2-3-6-23(22)28(26)34/h2-13,15H,14,16H2,1H3. The van der Waals surface area contributed by atoms with Crippen molar-refractivity contribution in [2.24, 2.45) is 0 Å². The Kier molecular flexibility index (Phi) is 4.77. The summed E-state index contributed by atoms with van der Waals surface area (Å²) in [4.78, 5) is 30.8. The predicted molar refractivity (Wildman–Crippen MR) is 130 cm³/mol. The summed E-state index contributed by atoms with van der Waals surface area (Å²) in [5.74, 6) is -0.756. The zero-order valence-electron chi connectivity index (χ0n) is 18.9. The van der Waals surface area contributed by atoms with E-state index in [4.69, 9.17) is 0 Å². The van der Waals surface area contributed by atoms with E-state index in [9.17, 15) is 14.8 Å². The second kappa shape index (κ2) is 7.99. The second-order valence-electron chi connectivity index (χ2n) is 8.65. The minimum atomic E-state index is -0.401. The number of carbonyl (C=O) groups excluding carboxylic acids is 2. The van der Waals surface area contributed by atoms with Crippen molar-refractivity contribution in [3.8, 4) is 11.1 Å². The number of aromatic nitrogens is 4. The second-order valence-corrected chi connectivity index (χ2v) is 8.65. The zero-order chi connectivity index (χ0) is 24.1. The van der Waals surface area contributed by atoms with Crippen molar-refractivity contribution in [1.29, 1.82) is 0 Å². The third kappa shape index (κ3) is 3.32. The number of pyridine rings is 1. The molecule has 0 fully saturated rings. The minimum Gasteiger partial charge on any atom is -0.571 e.